The zero-order chi connectivity index (χ0) is 12.9. The molecular formula is C16H13N3. The van der Waals surface area contributed by atoms with Gasteiger partial charge in [-0.05, 0) is 22.9 Å². The van der Waals surface area contributed by atoms with E-state index in [0.29, 0.717) is 0 Å². The second-order valence-electron chi connectivity index (χ2n) is 4.17. The molecule has 92 valence electrons. The molecule has 0 unspecified atom stereocenters. The Morgan fingerprint density at radius 2 is 1.68 bits per heavy atom. The van der Waals surface area contributed by atoms with Crippen LogP contribution < -0.4 is 5.43 Å². The number of aromatic nitrogens is 1. The van der Waals surface area contributed by atoms with E-state index in [1.807, 2.05) is 36.5 Å². The molecular weight excluding hydrogens is 234 g/mol. The van der Waals surface area contributed by atoms with Crippen LogP contribution in [0.15, 0.2) is 72.1 Å². The molecule has 1 aromatic heterocycles. The van der Waals surface area contributed by atoms with Crippen LogP contribution in [0.5, 0.6) is 0 Å². The van der Waals surface area contributed by atoms with Crippen LogP contribution in [0.25, 0.3) is 10.8 Å². The van der Waals surface area contributed by atoms with Crippen LogP contribution in [0.2, 0.25) is 0 Å². The van der Waals surface area contributed by atoms with E-state index in [4.69, 9.17) is 0 Å². The van der Waals surface area contributed by atoms with Gasteiger partial charge in [0.05, 0.1) is 11.9 Å². The van der Waals surface area contributed by atoms with E-state index < -0.39 is 0 Å². The van der Waals surface area contributed by atoms with Crippen LogP contribution in [0.3, 0.4) is 0 Å². The highest BCUT2D eigenvalue weighted by molar-refractivity contribution is 5.99. The maximum absolute atomic E-state index is 4.26. The van der Waals surface area contributed by atoms with Crippen LogP contribution >= 0.6 is 0 Å². The molecule has 0 fully saturated rings. The molecule has 0 aliphatic carbocycles. The fourth-order valence-electron chi connectivity index (χ4n) is 1.97. The van der Waals surface area contributed by atoms with Crippen molar-refractivity contribution in [1.29, 1.82) is 0 Å². The van der Waals surface area contributed by atoms with Gasteiger partial charge >= 0.3 is 0 Å². The van der Waals surface area contributed by atoms with Gasteiger partial charge in [-0.3, -0.25) is 10.4 Å². The van der Waals surface area contributed by atoms with E-state index >= 15 is 0 Å². The van der Waals surface area contributed by atoms with Gasteiger partial charge in [0, 0.05) is 18.0 Å². The van der Waals surface area contributed by atoms with Crippen molar-refractivity contribution in [2.24, 2.45) is 5.10 Å². The van der Waals surface area contributed by atoms with Crippen molar-refractivity contribution in [3.8, 4) is 0 Å². The number of hydrazone groups is 1. The highest BCUT2D eigenvalue weighted by Gasteiger charge is 1.96. The van der Waals surface area contributed by atoms with Gasteiger partial charge in [-0.25, -0.2) is 0 Å². The summed E-state index contributed by atoms with van der Waals surface area (Å²) in [6.07, 6.45) is 5.30. The van der Waals surface area contributed by atoms with Crippen LogP contribution in [0.1, 0.15) is 5.56 Å². The van der Waals surface area contributed by atoms with Crippen molar-refractivity contribution in [3.63, 3.8) is 0 Å². The number of rotatable bonds is 3. The predicted octanol–water partition coefficient (Wildman–Crippen LogP) is 3.68. The summed E-state index contributed by atoms with van der Waals surface area (Å²) in [4.78, 5) is 3.96. The van der Waals surface area contributed by atoms with Crippen molar-refractivity contribution in [2.45, 2.75) is 0 Å². The van der Waals surface area contributed by atoms with Crippen molar-refractivity contribution >= 4 is 22.7 Å². The first-order valence-electron chi connectivity index (χ1n) is 6.10. The molecule has 0 atom stereocenters. The zero-order valence-corrected chi connectivity index (χ0v) is 10.3. The Labute approximate surface area is 111 Å². The van der Waals surface area contributed by atoms with Gasteiger partial charge < -0.3 is 0 Å². The smallest absolute Gasteiger partial charge is 0.0592 e. The molecule has 0 amide bonds. The molecule has 19 heavy (non-hydrogen) atoms. The van der Waals surface area contributed by atoms with E-state index in [1.54, 1.807) is 12.4 Å². The van der Waals surface area contributed by atoms with Crippen LogP contribution in [0, 0.1) is 0 Å². The molecule has 1 N–H and O–H groups in total. The molecule has 0 saturated carbocycles. The van der Waals surface area contributed by atoms with Crippen LogP contribution in [-0.2, 0) is 0 Å². The van der Waals surface area contributed by atoms with Crippen LogP contribution in [0.4, 0.5) is 5.69 Å². The fourth-order valence-corrected chi connectivity index (χ4v) is 1.97. The molecule has 2 aromatic carbocycles. The van der Waals surface area contributed by atoms with E-state index in [-0.39, 0.29) is 0 Å². The Morgan fingerprint density at radius 1 is 0.895 bits per heavy atom. The largest absolute Gasteiger partial charge is 0.278 e. The summed E-state index contributed by atoms with van der Waals surface area (Å²) in [6.45, 7) is 0. The molecule has 0 aliphatic heterocycles. The van der Waals surface area contributed by atoms with Gasteiger partial charge in [-0.2, -0.15) is 5.10 Å². The highest BCUT2D eigenvalue weighted by Crippen LogP contribution is 2.16. The maximum Gasteiger partial charge on any atom is 0.0592 e. The number of benzene rings is 2. The lowest BCUT2D eigenvalue weighted by atomic mass is 10.1. The molecule has 0 bridgehead atoms. The highest BCUT2D eigenvalue weighted by atomic mass is 15.3. The third-order valence-corrected chi connectivity index (χ3v) is 2.90. The first-order valence-corrected chi connectivity index (χ1v) is 6.10. The van der Waals surface area contributed by atoms with E-state index in [9.17, 15) is 0 Å². The van der Waals surface area contributed by atoms with Gasteiger partial charge in [0.25, 0.3) is 0 Å². The monoisotopic (exact) mass is 247 g/mol. The average Bonchev–Trinajstić information content (AvgIpc) is 2.49. The summed E-state index contributed by atoms with van der Waals surface area (Å²) >= 11 is 0. The summed E-state index contributed by atoms with van der Waals surface area (Å²) in [5.41, 5.74) is 5.01. The number of fused-ring (bicyclic) bond motifs is 1. The second-order valence-corrected chi connectivity index (χ2v) is 4.17. The third-order valence-electron chi connectivity index (χ3n) is 2.90. The molecule has 3 aromatic rings. The molecule has 0 aliphatic rings. The Balaban J connectivity index is 1.85. The van der Waals surface area contributed by atoms with Gasteiger partial charge in [-0.15, -0.1) is 0 Å². The fraction of sp³-hybridized carbons (Fsp3) is 0. The standard InChI is InChI=1S/C16H13N3/c1-2-7-16-13(4-1)5-3-6-14(16)12-18-19-15-8-10-17-11-9-15/h1-12H,(H,17,19). The van der Waals surface area contributed by atoms with Gasteiger partial charge in [0.15, 0.2) is 0 Å². The van der Waals surface area contributed by atoms with Gasteiger partial charge in [-0.1, -0.05) is 42.5 Å². The third kappa shape index (κ3) is 2.60. The number of anilines is 1. The number of hydrogen-bond donors (Lipinski definition) is 1. The number of nitrogens with one attached hydrogen (secondary N) is 1. The molecule has 3 rings (SSSR count). The summed E-state index contributed by atoms with van der Waals surface area (Å²) in [6, 6.07) is 18.2. The quantitative estimate of drug-likeness (QED) is 0.566. The van der Waals surface area contributed by atoms with Crippen molar-refractivity contribution in [2.75, 3.05) is 5.43 Å². The van der Waals surface area contributed by atoms with Crippen molar-refractivity contribution in [1.82, 2.24) is 4.98 Å². The molecule has 1 heterocycles. The minimum absolute atomic E-state index is 0.923. The predicted molar refractivity (Wildman–Crippen MR) is 79.4 cm³/mol. The minimum Gasteiger partial charge on any atom is -0.278 e. The normalized spacial score (nSPS) is 10.9. The Bertz CT molecular complexity index is 700. The Kier molecular flexibility index (Phi) is 3.19. The van der Waals surface area contributed by atoms with Crippen molar-refractivity contribution in [3.05, 3.63) is 72.6 Å². The lowest BCUT2D eigenvalue weighted by Crippen LogP contribution is -1.91. The minimum atomic E-state index is 0.923. The Hall–Kier alpha value is -2.68. The SMILES string of the molecule is C(=NNc1ccncc1)c1cccc2ccccc12. The molecule has 3 nitrogen and oxygen atoms in total. The molecule has 0 radical (unpaired) electrons. The number of pyridine rings is 1. The summed E-state index contributed by atoms with van der Waals surface area (Å²) in [7, 11) is 0. The summed E-state index contributed by atoms with van der Waals surface area (Å²) in [5.74, 6) is 0. The summed E-state index contributed by atoms with van der Waals surface area (Å²) in [5, 5.41) is 6.68. The first kappa shape index (κ1) is 11.4. The van der Waals surface area contributed by atoms with Gasteiger partial charge in [0.2, 0.25) is 0 Å². The average molecular weight is 247 g/mol. The zero-order valence-electron chi connectivity index (χ0n) is 10.3. The van der Waals surface area contributed by atoms with E-state index in [1.165, 1.54) is 10.8 Å². The lowest BCUT2D eigenvalue weighted by molar-refractivity contribution is 1.28. The molecule has 3 heteroatoms. The molecule has 0 saturated heterocycles. The number of hydrogen-bond acceptors (Lipinski definition) is 3. The van der Waals surface area contributed by atoms with Crippen LogP contribution in [-0.4, -0.2) is 11.2 Å². The maximum atomic E-state index is 4.26. The van der Waals surface area contributed by atoms with E-state index in [0.717, 1.165) is 11.3 Å². The molecule has 0 spiro atoms. The Morgan fingerprint density at radius 3 is 2.58 bits per heavy atom. The lowest BCUT2D eigenvalue weighted by Gasteiger charge is -2.02. The topological polar surface area (TPSA) is 37.3 Å². The van der Waals surface area contributed by atoms with Crippen molar-refractivity contribution < 1.29 is 0 Å². The summed E-state index contributed by atoms with van der Waals surface area (Å²) < 4.78 is 0. The first-order chi connectivity index (χ1) is 9.43. The second kappa shape index (κ2) is 5.31. The number of nitrogens with zero attached hydrogens (tertiary/aromatic N) is 2. The van der Waals surface area contributed by atoms with Gasteiger partial charge in [0.1, 0.15) is 0 Å². The van der Waals surface area contributed by atoms with E-state index in [2.05, 4.69) is 39.8 Å².